The summed E-state index contributed by atoms with van der Waals surface area (Å²) in [5.74, 6) is 0.857. The van der Waals surface area contributed by atoms with Gasteiger partial charge in [-0.25, -0.2) is 4.67 Å². The SMILES string of the molecule is CC[C@H](C)[C@@H](COP1N(c2ccccc2)C[C@@H]2CCCN21)N=CC1C=CC=C1. The van der Waals surface area contributed by atoms with Crippen molar-refractivity contribution in [2.75, 3.05) is 24.4 Å². The van der Waals surface area contributed by atoms with Gasteiger partial charge in [0.2, 0.25) is 8.45 Å². The van der Waals surface area contributed by atoms with Crippen LogP contribution in [0.5, 0.6) is 0 Å². The molecule has 0 N–H and O–H groups in total. The molecule has 1 aromatic carbocycles. The summed E-state index contributed by atoms with van der Waals surface area (Å²) in [7, 11) is -0.744. The number of anilines is 1. The Bertz CT molecular complexity index is 708. The number of fused-ring (bicyclic) bond motifs is 1. The van der Waals surface area contributed by atoms with E-state index in [4.69, 9.17) is 9.52 Å². The third-order valence-corrected chi connectivity index (χ3v) is 8.25. The first-order valence-electron chi connectivity index (χ1n) is 10.7. The van der Waals surface area contributed by atoms with Crippen LogP contribution in [-0.4, -0.2) is 42.7 Å². The van der Waals surface area contributed by atoms with Gasteiger partial charge >= 0.3 is 0 Å². The van der Waals surface area contributed by atoms with Crippen molar-refractivity contribution in [2.45, 2.75) is 45.2 Å². The highest BCUT2D eigenvalue weighted by Gasteiger charge is 2.44. The molecule has 1 unspecified atom stereocenters. The van der Waals surface area contributed by atoms with Crippen molar-refractivity contribution < 1.29 is 4.52 Å². The van der Waals surface area contributed by atoms with E-state index < -0.39 is 8.45 Å². The molecule has 2 saturated heterocycles. The van der Waals surface area contributed by atoms with Crippen LogP contribution in [0.15, 0.2) is 59.6 Å². The van der Waals surface area contributed by atoms with E-state index in [1.54, 1.807) is 0 Å². The Labute approximate surface area is 170 Å². The summed E-state index contributed by atoms with van der Waals surface area (Å²) in [4.78, 5) is 4.94. The third kappa shape index (κ3) is 4.40. The zero-order valence-electron chi connectivity index (χ0n) is 17.0. The molecule has 0 radical (unpaired) electrons. The molecule has 1 aromatic rings. The van der Waals surface area contributed by atoms with Crippen molar-refractivity contribution in [3.63, 3.8) is 0 Å². The number of nitrogens with zero attached hydrogens (tertiary/aromatic N) is 3. The van der Waals surface area contributed by atoms with E-state index in [2.05, 4.69) is 84.0 Å². The molecule has 2 aliphatic heterocycles. The van der Waals surface area contributed by atoms with Crippen molar-refractivity contribution in [1.29, 1.82) is 0 Å². The number of aliphatic imine (C=N–C) groups is 1. The lowest BCUT2D eigenvalue weighted by Crippen LogP contribution is -2.25. The van der Waals surface area contributed by atoms with E-state index >= 15 is 0 Å². The van der Waals surface area contributed by atoms with Gasteiger partial charge in [0.25, 0.3) is 0 Å². The average molecular weight is 398 g/mol. The predicted octanol–water partition coefficient (Wildman–Crippen LogP) is 5.44. The number of benzene rings is 1. The topological polar surface area (TPSA) is 28.1 Å². The van der Waals surface area contributed by atoms with Gasteiger partial charge in [0.15, 0.2) is 0 Å². The molecule has 0 amide bonds. The van der Waals surface area contributed by atoms with E-state index in [1.165, 1.54) is 18.5 Å². The molecule has 4 atom stereocenters. The maximum atomic E-state index is 6.65. The highest BCUT2D eigenvalue weighted by molar-refractivity contribution is 7.52. The molecule has 0 bridgehead atoms. The standard InChI is InChI=1S/C23H32N3OP/c1-3-19(2)23(24-16-20-10-7-8-11-20)18-27-28-25-15-9-14-22(25)17-26(28)21-12-5-4-6-13-21/h4-8,10-13,16,19-20,22-23H,3,9,14-15,17-18H2,1-2H3/t19-,22-,23+,28?/m0/s1. The van der Waals surface area contributed by atoms with Crippen molar-refractivity contribution >= 4 is 20.4 Å². The fourth-order valence-electron chi connectivity index (χ4n) is 4.12. The number of para-hydroxylation sites is 1. The van der Waals surface area contributed by atoms with Crippen LogP contribution in [0.4, 0.5) is 5.69 Å². The van der Waals surface area contributed by atoms with E-state index in [-0.39, 0.29) is 6.04 Å². The number of hydrogen-bond donors (Lipinski definition) is 0. The van der Waals surface area contributed by atoms with Gasteiger partial charge in [-0.05, 0) is 30.9 Å². The zero-order valence-corrected chi connectivity index (χ0v) is 17.9. The van der Waals surface area contributed by atoms with Crippen LogP contribution in [0, 0.1) is 11.8 Å². The van der Waals surface area contributed by atoms with Crippen LogP contribution >= 0.6 is 8.45 Å². The van der Waals surface area contributed by atoms with E-state index in [9.17, 15) is 0 Å². The first-order chi connectivity index (χ1) is 13.8. The molecular weight excluding hydrogens is 365 g/mol. The molecule has 4 rings (SSSR count). The smallest absolute Gasteiger partial charge is 0.218 e. The summed E-state index contributed by atoms with van der Waals surface area (Å²) >= 11 is 0. The van der Waals surface area contributed by atoms with E-state index in [1.807, 2.05) is 0 Å². The van der Waals surface area contributed by atoms with Crippen LogP contribution in [0.25, 0.3) is 0 Å². The van der Waals surface area contributed by atoms with Crippen LogP contribution in [0.3, 0.4) is 0 Å². The maximum absolute atomic E-state index is 6.65. The molecule has 28 heavy (non-hydrogen) atoms. The number of allylic oxidation sites excluding steroid dienone is 4. The first-order valence-corrected chi connectivity index (χ1v) is 11.8. The van der Waals surface area contributed by atoms with E-state index in [0.717, 1.165) is 19.5 Å². The predicted molar refractivity (Wildman–Crippen MR) is 120 cm³/mol. The summed E-state index contributed by atoms with van der Waals surface area (Å²) < 4.78 is 11.8. The van der Waals surface area contributed by atoms with Gasteiger partial charge in [-0.15, -0.1) is 0 Å². The summed E-state index contributed by atoms with van der Waals surface area (Å²) in [5.41, 5.74) is 1.29. The van der Waals surface area contributed by atoms with Gasteiger partial charge in [0, 0.05) is 37.0 Å². The fourth-order valence-corrected chi connectivity index (χ4v) is 6.41. The molecular formula is C23H32N3OP. The molecule has 1 aliphatic carbocycles. The lowest BCUT2D eigenvalue weighted by atomic mass is 10.0. The average Bonchev–Trinajstić information content (AvgIpc) is 3.46. The minimum atomic E-state index is -0.744. The minimum Gasteiger partial charge on any atom is -0.325 e. The molecule has 0 aromatic heterocycles. The third-order valence-electron chi connectivity index (χ3n) is 6.10. The Morgan fingerprint density at radius 2 is 2.04 bits per heavy atom. The van der Waals surface area contributed by atoms with Crippen LogP contribution in [0.1, 0.15) is 33.1 Å². The van der Waals surface area contributed by atoms with Crippen molar-refractivity contribution in [3.05, 3.63) is 54.6 Å². The normalized spacial score (nSPS) is 27.1. The van der Waals surface area contributed by atoms with E-state index in [0.29, 0.717) is 24.5 Å². The molecule has 0 saturated carbocycles. The van der Waals surface area contributed by atoms with Gasteiger partial charge in [-0.2, -0.15) is 0 Å². The van der Waals surface area contributed by atoms with Crippen molar-refractivity contribution in [1.82, 2.24) is 4.67 Å². The molecule has 150 valence electrons. The zero-order chi connectivity index (χ0) is 19.3. The minimum absolute atomic E-state index is 0.217. The largest absolute Gasteiger partial charge is 0.325 e. The second-order valence-electron chi connectivity index (χ2n) is 8.02. The molecule has 0 spiro atoms. The Morgan fingerprint density at radius 3 is 2.79 bits per heavy atom. The maximum Gasteiger partial charge on any atom is 0.218 e. The van der Waals surface area contributed by atoms with Gasteiger partial charge in [0.05, 0.1) is 12.6 Å². The monoisotopic (exact) mass is 397 g/mol. The molecule has 2 heterocycles. The van der Waals surface area contributed by atoms with Gasteiger partial charge in [-0.1, -0.05) is 62.8 Å². The first kappa shape index (κ1) is 19.8. The van der Waals surface area contributed by atoms with Gasteiger partial charge < -0.3 is 9.19 Å². The van der Waals surface area contributed by atoms with Crippen molar-refractivity contribution in [3.8, 4) is 0 Å². The summed E-state index contributed by atoms with van der Waals surface area (Å²) in [6.07, 6.45) is 14.4. The van der Waals surface area contributed by atoms with Crippen molar-refractivity contribution in [2.24, 2.45) is 16.8 Å². The number of hydrogen-bond acceptors (Lipinski definition) is 4. The highest BCUT2D eigenvalue weighted by Crippen LogP contribution is 2.56. The summed E-state index contributed by atoms with van der Waals surface area (Å²) in [6, 6.07) is 11.6. The Hall–Kier alpha value is -1.48. The van der Waals surface area contributed by atoms with Crippen LogP contribution in [-0.2, 0) is 4.52 Å². The second kappa shape index (κ2) is 9.35. The fraction of sp³-hybridized carbons (Fsp3) is 0.522. The molecule has 2 fully saturated rings. The van der Waals surface area contributed by atoms with Gasteiger partial charge in [-0.3, -0.25) is 4.99 Å². The van der Waals surface area contributed by atoms with Crippen LogP contribution < -0.4 is 4.67 Å². The molecule has 4 nitrogen and oxygen atoms in total. The van der Waals surface area contributed by atoms with Crippen LogP contribution in [0.2, 0.25) is 0 Å². The lowest BCUT2D eigenvalue weighted by Gasteiger charge is -2.31. The Kier molecular flexibility index (Phi) is 6.61. The Morgan fingerprint density at radius 1 is 1.25 bits per heavy atom. The second-order valence-corrected chi connectivity index (χ2v) is 9.78. The summed E-state index contributed by atoms with van der Waals surface area (Å²) in [5, 5.41) is 0. The summed E-state index contributed by atoms with van der Waals surface area (Å²) in [6.45, 7) is 7.49. The lowest BCUT2D eigenvalue weighted by molar-refractivity contribution is 0.255. The molecule has 5 heteroatoms. The Balaban J connectivity index is 1.46. The van der Waals surface area contributed by atoms with Gasteiger partial charge in [0.1, 0.15) is 0 Å². The quantitative estimate of drug-likeness (QED) is 0.432. The number of rotatable bonds is 8. The highest BCUT2D eigenvalue weighted by atomic mass is 31.2. The molecule has 3 aliphatic rings.